The molecule has 1 aliphatic carbocycles. The lowest BCUT2D eigenvalue weighted by atomic mass is 10.2. The summed E-state index contributed by atoms with van der Waals surface area (Å²) in [6.07, 6.45) is 4.73. The van der Waals surface area contributed by atoms with Gasteiger partial charge in [-0.15, -0.1) is 0 Å². The van der Waals surface area contributed by atoms with Crippen LogP contribution < -0.4 is 0 Å². The maximum Gasteiger partial charge on any atom is 0.254 e. The van der Waals surface area contributed by atoms with Crippen molar-refractivity contribution in [3.63, 3.8) is 0 Å². The first-order chi connectivity index (χ1) is 10.4. The van der Waals surface area contributed by atoms with Gasteiger partial charge in [0.2, 0.25) is 0 Å². The van der Waals surface area contributed by atoms with Crippen LogP contribution in [0, 0.1) is 0 Å². The van der Waals surface area contributed by atoms with Gasteiger partial charge in [-0.2, -0.15) is 0 Å². The molecule has 3 rings (SSSR count). The van der Waals surface area contributed by atoms with Crippen LogP contribution in [0.4, 0.5) is 0 Å². The Morgan fingerprint density at radius 2 is 1.91 bits per heavy atom. The van der Waals surface area contributed by atoms with Crippen molar-refractivity contribution >= 4 is 15.7 Å². The van der Waals surface area contributed by atoms with E-state index in [9.17, 15) is 13.2 Å². The SMILES string of the molecule is CS(=O)(=O)c1ccc(C(=O)N(Cc2ccco2)C2CC2)cc1. The zero-order valence-corrected chi connectivity index (χ0v) is 13.0. The number of hydrogen-bond acceptors (Lipinski definition) is 4. The van der Waals surface area contributed by atoms with Gasteiger partial charge in [-0.25, -0.2) is 8.42 Å². The van der Waals surface area contributed by atoms with E-state index < -0.39 is 9.84 Å². The second-order valence-corrected chi connectivity index (χ2v) is 7.56. The lowest BCUT2D eigenvalue weighted by Gasteiger charge is -2.21. The van der Waals surface area contributed by atoms with Gasteiger partial charge in [0.25, 0.3) is 5.91 Å². The maximum atomic E-state index is 12.6. The van der Waals surface area contributed by atoms with E-state index in [0.29, 0.717) is 12.1 Å². The lowest BCUT2D eigenvalue weighted by Crippen LogP contribution is -2.32. The molecule has 1 aliphatic rings. The molecule has 0 saturated heterocycles. The van der Waals surface area contributed by atoms with Crippen LogP contribution in [0.15, 0.2) is 52.0 Å². The van der Waals surface area contributed by atoms with Gasteiger partial charge < -0.3 is 9.32 Å². The first-order valence-corrected chi connectivity index (χ1v) is 8.98. The van der Waals surface area contributed by atoms with Crippen LogP contribution >= 0.6 is 0 Å². The van der Waals surface area contributed by atoms with Gasteiger partial charge in [-0.3, -0.25) is 4.79 Å². The van der Waals surface area contributed by atoms with Crippen molar-refractivity contribution in [2.45, 2.75) is 30.3 Å². The third-order valence-corrected chi connectivity index (χ3v) is 4.81. The number of sulfone groups is 1. The summed E-state index contributed by atoms with van der Waals surface area (Å²) in [5, 5.41) is 0. The molecule has 5 nitrogen and oxygen atoms in total. The molecule has 2 aromatic rings. The quantitative estimate of drug-likeness (QED) is 0.849. The summed E-state index contributed by atoms with van der Waals surface area (Å²) in [5.41, 5.74) is 0.492. The summed E-state index contributed by atoms with van der Waals surface area (Å²) in [5.74, 6) is 0.645. The fourth-order valence-electron chi connectivity index (χ4n) is 2.33. The molecule has 0 aliphatic heterocycles. The standard InChI is InChI=1S/C16H17NO4S/c1-22(19,20)15-8-4-12(5-9-15)16(18)17(13-6-7-13)11-14-3-2-10-21-14/h2-5,8-10,13H,6-7,11H2,1H3. The van der Waals surface area contributed by atoms with Crippen LogP contribution in [0.25, 0.3) is 0 Å². The van der Waals surface area contributed by atoms with Crippen molar-refractivity contribution < 1.29 is 17.6 Å². The predicted octanol–water partition coefficient (Wildman–Crippen LogP) is 2.49. The minimum absolute atomic E-state index is 0.0982. The van der Waals surface area contributed by atoms with Gasteiger partial charge >= 0.3 is 0 Å². The molecule has 0 spiro atoms. The van der Waals surface area contributed by atoms with E-state index in [1.54, 1.807) is 29.4 Å². The van der Waals surface area contributed by atoms with E-state index in [4.69, 9.17) is 4.42 Å². The molecule has 1 amide bonds. The highest BCUT2D eigenvalue weighted by molar-refractivity contribution is 7.90. The highest BCUT2D eigenvalue weighted by atomic mass is 32.2. The second-order valence-electron chi connectivity index (χ2n) is 5.54. The molecular formula is C16H17NO4S. The molecule has 1 heterocycles. The number of carbonyl (C=O) groups is 1. The highest BCUT2D eigenvalue weighted by Gasteiger charge is 2.33. The Kier molecular flexibility index (Phi) is 3.78. The van der Waals surface area contributed by atoms with Crippen LogP contribution in [-0.2, 0) is 16.4 Å². The number of carbonyl (C=O) groups excluding carboxylic acids is 1. The average Bonchev–Trinajstić information content (AvgIpc) is 3.20. The molecule has 0 atom stereocenters. The van der Waals surface area contributed by atoms with Crippen molar-refractivity contribution in [1.29, 1.82) is 0 Å². The molecule has 0 N–H and O–H groups in total. The van der Waals surface area contributed by atoms with Crippen molar-refractivity contribution in [3.05, 3.63) is 54.0 Å². The van der Waals surface area contributed by atoms with Gasteiger partial charge in [-0.1, -0.05) is 0 Å². The fourth-order valence-corrected chi connectivity index (χ4v) is 2.96. The van der Waals surface area contributed by atoms with E-state index in [-0.39, 0.29) is 16.8 Å². The van der Waals surface area contributed by atoms with Crippen LogP contribution in [0.1, 0.15) is 29.0 Å². The number of hydrogen-bond donors (Lipinski definition) is 0. The number of nitrogens with zero attached hydrogens (tertiary/aromatic N) is 1. The van der Waals surface area contributed by atoms with Gasteiger partial charge in [0, 0.05) is 17.9 Å². The molecule has 0 radical (unpaired) electrons. The highest BCUT2D eigenvalue weighted by Crippen LogP contribution is 2.30. The Morgan fingerprint density at radius 3 is 2.41 bits per heavy atom. The smallest absolute Gasteiger partial charge is 0.254 e. The number of rotatable bonds is 5. The molecule has 1 aromatic heterocycles. The van der Waals surface area contributed by atoms with E-state index in [2.05, 4.69) is 0 Å². The van der Waals surface area contributed by atoms with Crippen molar-refractivity contribution in [1.82, 2.24) is 4.90 Å². The summed E-state index contributed by atoms with van der Waals surface area (Å²) in [4.78, 5) is 14.7. The molecule has 0 unspecified atom stereocenters. The Hall–Kier alpha value is -2.08. The molecule has 0 bridgehead atoms. The summed E-state index contributed by atoms with van der Waals surface area (Å²) < 4.78 is 28.3. The molecule has 116 valence electrons. The van der Waals surface area contributed by atoms with Crippen molar-refractivity contribution in [2.75, 3.05) is 6.26 Å². The summed E-state index contributed by atoms with van der Waals surface area (Å²) in [6, 6.07) is 9.96. The number of amides is 1. The van der Waals surface area contributed by atoms with Gasteiger partial charge in [0.05, 0.1) is 17.7 Å². The third kappa shape index (κ3) is 3.22. The van der Waals surface area contributed by atoms with Crippen molar-refractivity contribution in [2.24, 2.45) is 0 Å². The molecule has 1 saturated carbocycles. The topological polar surface area (TPSA) is 67.6 Å². The van der Waals surface area contributed by atoms with Crippen LogP contribution in [0.5, 0.6) is 0 Å². The van der Waals surface area contributed by atoms with Crippen LogP contribution in [0.2, 0.25) is 0 Å². The van der Waals surface area contributed by atoms with Crippen LogP contribution in [0.3, 0.4) is 0 Å². The van der Waals surface area contributed by atoms with E-state index in [1.807, 2.05) is 6.07 Å². The van der Waals surface area contributed by atoms with E-state index in [1.165, 1.54) is 12.1 Å². The van der Waals surface area contributed by atoms with Gasteiger partial charge in [0.1, 0.15) is 5.76 Å². The van der Waals surface area contributed by atoms with Gasteiger partial charge in [-0.05, 0) is 49.2 Å². The second kappa shape index (κ2) is 5.61. The van der Waals surface area contributed by atoms with Crippen molar-refractivity contribution in [3.8, 4) is 0 Å². The Balaban J connectivity index is 1.81. The average molecular weight is 319 g/mol. The van der Waals surface area contributed by atoms with E-state index in [0.717, 1.165) is 24.9 Å². The Bertz CT molecular complexity index is 759. The Labute approximate surface area is 129 Å². The third-order valence-electron chi connectivity index (χ3n) is 3.68. The summed E-state index contributed by atoms with van der Waals surface area (Å²) in [7, 11) is -3.25. The normalized spacial score (nSPS) is 14.8. The first kappa shape index (κ1) is 14.8. The van der Waals surface area contributed by atoms with Crippen LogP contribution in [-0.4, -0.2) is 31.5 Å². The first-order valence-electron chi connectivity index (χ1n) is 7.08. The molecule has 6 heteroatoms. The zero-order chi connectivity index (χ0) is 15.7. The lowest BCUT2D eigenvalue weighted by molar-refractivity contribution is 0.0717. The van der Waals surface area contributed by atoms with E-state index >= 15 is 0 Å². The maximum absolute atomic E-state index is 12.6. The zero-order valence-electron chi connectivity index (χ0n) is 12.2. The molecule has 1 aromatic carbocycles. The minimum atomic E-state index is -3.25. The Morgan fingerprint density at radius 1 is 1.23 bits per heavy atom. The van der Waals surface area contributed by atoms with Gasteiger partial charge in [0.15, 0.2) is 9.84 Å². The minimum Gasteiger partial charge on any atom is -0.467 e. The molecule has 22 heavy (non-hydrogen) atoms. The number of benzene rings is 1. The largest absolute Gasteiger partial charge is 0.467 e. The fraction of sp³-hybridized carbons (Fsp3) is 0.312. The molecule has 1 fully saturated rings. The summed E-state index contributed by atoms with van der Waals surface area (Å²) >= 11 is 0. The summed E-state index contributed by atoms with van der Waals surface area (Å²) in [6.45, 7) is 0.435. The number of furan rings is 1. The monoisotopic (exact) mass is 319 g/mol. The molecular weight excluding hydrogens is 302 g/mol. The predicted molar refractivity (Wildman–Crippen MR) is 81.2 cm³/mol.